The number of carbonyl (C=O) groups is 1. The van der Waals surface area contributed by atoms with Crippen molar-refractivity contribution < 1.29 is 4.79 Å². The Kier molecular flexibility index (Phi) is 2.33. The molecule has 2 saturated carbocycles. The Hall–Kier alpha value is -1.35. The van der Waals surface area contributed by atoms with Crippen LogP contribution in [0.15, 0.2) is 24.3 Å². The van der Waals surface area contributed by atoms with Gasteiger partial charge in [0.05, 0.1) is 5.41 Å². The van der Waals surface area contributed by atoms with Crippen LogP contribution < -0.4 is 5.73 Å². The van der Waals surface area contributed by atoms with Crippen LogP contribution in [0.4, 0.5) is 0 Å². The molecule has 1 amide bonds. The Labute approximate surface area is 108 Å². The Morgan fingerprint density at radius 2 is 1.56 bits per heavy atom. The molecule has 0 radical (unpaired) electrons. The van der Waals surface area contributed by atoms with Gasteiger partial charge in [0, 0.05) is 19.6 Å². The number of nitrogens with two attached hydrogens (primary N) is 1. The lowest BCUT2D eigenvalue weighted by Gasteiger charge is -2.20. The summed E-state index contributed by atoms with van der Waals surface area (Å²) in [7, 11) is 3.66. The summed E-state index contributed by atoms with van der Waals surface area (Å²) in [5.74, 6) is 0.226. The minimum absolute atomic E-state index is 0.0825. The first kappa shape index (κ1) is 11.7. The van der Waals surface area contributed by atoms with E-state index in [-0.39, 0.29) is 16.9 Å². The van der Waals surface area contributed by atoms with Crippen LogP contribution in [-0.2, 0) is 15.7 Å². The van der Waals surface area contributed by atoms with Gasteiger partial charge in [0.1, 0.15) is 0 Å². The van der Waals surface area contributed by atoms with Gasteiger partial charge in [0.2, 0.25) is 5.91 Å². The topological polar surface area (TPSA) is 46.3 Å². The zero-order valence-electron chi connectivity index (χ0n) is 11.1. The van der Waals surface area contributed by atoms with E-state index in [0.717, 1.165) is 31.2 Å². The van der Waals surface area contributed by atoms with Gasteiger partial charge in [-0.05, 0) is 36.8 Å². The van der Waals surface area contributed by atoms with Gasteiger partial charge in [-0.2, -0.15) is 0 Å². The maximum atomic E-state index is 12.2. The number of hydrogen-bond donors (Lipinski definition) is 1. The first-order chi connectivity index (χ1) is 8.48. The van der Waals surface area contributed by atoms with Crippen LogP contribution >= 0.6 is 0 Å². The summed E-state index contributed by atoms with van der Waals surface area (Å²) in [4.78, 5) is 13.9. The van der Waals surface area contributed by atoms with Gasteiger partial charge in [-0.15, -0.1) is 0 Å². The standard InChI is InChI=1S/C15H20N2O/c1-17(2)13(18)14(7-8-14)11-3-5-12(6-4-11)15(16)9-10-15/h3-6H,7-10,16H2,1-2H3. The fourth-order valence-corrected chi connectivity index (χ4v) is 2.72. The predicted molar refractivity (Wildman–Crippen MR) is 71.1 cm³/mol. The third kappa shape index (κ3) is 1.65. The highest BCUT2D eigenvalue weighted by molar-refractivity contribution is 5.91. The van der Waals surface area contributed by atoms with Crippen molar-refractivity contribution in [3.8, 4) is 0 Å². The van der Waals surface area contributed by atoms with Crippen molar-refractivity contribution >= 4 is 5.91 Å². The third-order valence-electron chi connectivity index (χ3n) is 4.37. The van der Waals surface area contributed by atoms with Gasteiger partial charge in [-0.1, -0.05) is 24.3 Å². The Balaban J connectivity index is 1.87. The molecule has 0 spiro atoms. The second kappa shape index (κ2) is 3.58. The van der Waals surface area contributed by atoms with Crippen LogP contribution in [0.25, 0.3) is 0 Å². The molecule has 0 heterocycles. The molecule has 2 fully saturated rings. The summed E-state index contributed by atoms with van der Waals surface area (Å²) in [6.07, 6.45) is 4.09. The van der Waals surface area contributed by atoms with Crippen LogP contribution in [0.3, 0.4) is 0 Å². The molecule has 3 nitrogen and oxygen atoms in total. The second-order valence-corrected chi connectivity index (χ2v) is 6.02. The average molecular weight is 244 g/mol. The fourth-order valence-electron chi connectivity index (χ4n) is 2.72. The van der Waals surface area contributed by atoms with Crippen molar-refractivity contribution in [3.63, 3.8) is 0 Å². The zero-order chi connectivity index (χ0) is 13.0. The van der Waals surface area contributed by atoms with E-state index < -0.39 is 0 Å². The smallest absolute Gasteiger partial charge is 0.232 e. The van der Waals surface area contributed by atoms with Crippen LogP contribution in [0.2, 0.25) is 0 Å². The average Bonchev–Trinajstić information content (AvgIpc) is 3.25. The van der Waals surface area contributed by atoms with E-state index in [2.05, 4.69) is 24.3 Å². The van der Waals surface area contributed by atoms with Gasteiger partial charge >= 0.3 is 0 Å². The second-order valence-electron chi connectivity index (χ2n) is 6.02. The highest BCUT2D eigenvalue weighted by atomic mass is 16.2. The van der Waals surface area contributed by atoms with Crippen LogP contribution in [0, 0.1) is 0 Å². The van der Waals surface area contributed by atoms with Gasteiger partial charge < -0.3 is 10.6 Å². The highest BCUT2D eigenvalue weighted by Crippen LogP contribution is 2.50. The number of benzene rings is 1. The summed E-state index contributed by atoms with van der Waals surface area (Å²) < 4.78 is 0. The summed E-state index contributed by atoms with van der Waals surface area (Å²) in [5, 5.41) is 0. The number of carbonyl (C=O) groups excluding carboxylic acids is 1. The van der Waals surface area contributed by atoms with Gasteiger partial charge in [0.25, 0.3) is 0 Å². The van der Waals surface area contributed by atoms with Crippen LogP contribution in [0.1, 0.15) is 36.8 Å². The summed E-state index contributed by atoms with van der Waals surface area (Å²) in [6, 6.07) is 8.39. The summed E-state index contributed by atoms with van der Waals surface area (Å²) in [5.41, 5.74) is 8.21. The molecule has 1 aromatic carbocycles. The van der Waals surface area contributed by atoms with Crippen molar-refractivity contribution in [2.45, 2.75) is 36.6 Å². The van der Waals surface area contributed by atoms with Crippen molar-refractivity contribution in [2.24, 2.45) is 5.73 Å². The van der Waals surface area contributed by atoms with E-state index in [0.29, 0.717) is 0 Å². The maximum absolute atomic E-state index is 12.2. The molecular weight excluding hydrogens is 224 g/mol. The van der Waals surface area contributed by atoms with Gasteiger partial charge in [-0.25, -0.2) is 0 Å². The molecule has 1 aromatic rings. The quantitative estimate of drug-likeness (QED) is 0.880. The minimum atomic E-state index is -0.243. The number of amides is 1. The number of nitrogens with zero attached hydrogens (tertiary/aromatic N) is 1. The van der Waals surface area contributed by atoms with Crippen molar-refractivity contribution in [2.75, 3.05) is 14.1 Å². The normalized spacial score (nSPS) is 22.4. The first-order valence-electron chi connectivity index (χ1n) is 6.60. The molecule has 2 aliphatic rings. The molecule has 0 aromatic heterocycles. The van der Waals surface area contributed by atoms with E-state index in [4.69, 9.17) is 5.73 Å². The molecule has 0 atom stereocenters. The lowest BCUT2D eigenvalue weighted by atomic mass is 9.92. The fraction of sp³-hybridized carbons (Fsp3) is 0.533. The molecule has 0 saturated heterocycles. The van der Waals surface area contributed by atoms with E-state index in [1.165, 1.54) is 5.56 Å². The first-order valence-corrected chi connectivity index (χ1v) is 6.60. The molecule has 2 aliphatic carbocycles. The Bertz CT molecular complexity index is 482. The lowest BCUT2D eigenvalue weighted by Crippen LogP contribution is -2.33. The van der Waals surface area contributed by atoms with E-state index in [1.54, 1.807) is 4.90 Å². The number of hydrogen-bond acceptors (Lipinski definition) is 2. The van der Waals surface area contributed by atoms with Gasteiger partial charge in [-0.3, -0.25) is 4.79 Å². The minimum Gasteiger partial charge on any atom is -0.348 e. The highest BCUT2D eigenvalue weighted by Gasteiger charge is 2.52. The molecule has 96 valence electrons. The van der Waals surface area contributed by atoms with Crippen LogP contribution in [0.5, 0.6) is 0 Å². The number of likely N-dealkylation sites (N-methyl/N-ethyl adjacent to an activating group) is 1. The van der Waals surface area contributed by atoms with Crippen molar-refractivity contribution in [3.05, 3.63) is 35.4 Å². The molecule has 2 N–H and O–H groups in total. The summed E-state index contributed by atoms with van der Waals surface area (Å²) in [6.45, 7) is 0. The molecule has 3 heteroatoms. The molecule has 0 aliphatic heterocycles. The Morgan fingerprint density at radius 1 is 1.06 bits per heavy atom. The van der Waals surface area contributed by atoms with Crippen LogP contribution in [-0.4, -0.2) is 24.9 Å². The third-order valence-corrected chi connectivity index (χ3v) is 4.37. The monoisotopic (exact) mass is 244 g/mol. The molecule has 0 bridgehead atoms. The zero-order valence-corrected chi connectivity index (χ0v) is 11.1. The van der Waals surface area contributed by atoms with Crippen molar-refractivity contribution in [1.82, 2.24) is 4.90 Å². The van der Waals surface area contributed by atoms with E-state index >= 15 is 0 Å². The maximum Gasteiger partial charge on any atom is 0.232 e. The van der Waals surface area contributed by atoms with Gasteiger partial charge in [0.15, 0.2) is 0 Å². The largest absolute Gasteiger partial charge is 0.348 e. The SMILES string of the molecule is CN(C)C(=O)C1(c2ccc(C3(N)CC3)cc2)CC1. The molecule has 3 rings (SSSR count). The predicted octanol–water partition coefficient (Wildman–Crippen LogP) is 1.75. The van der Waals surface area contributed by atoms with E-state index in [9.17, 15) is 4.79 Å². The van der Waals surface area contributed by atoms with E-state index in [1.807, 2.05) is 14.1 Å². The van der Waals surface area contributed by atoms with Crippen molar-refractivity contribution in [1.29, 1.82) is 0 Å². The lowest BCUT2D eigenvalue weighted by molar-refractivity contribution is -0.131. The summed E-state index contributed by atoms with van der Waals surface area (Å²) >= 11 is 0. The Morgan fingerprint density at radius 3 is 1.94 bits per heavy atom. The molecule has 0 unspecified atom stereocenters. The number of rotatable bonds is 3. The molecular formula is C15H20N2O. The molecule has 18 heavy (non-hydrogen) atoms.